The van der Waals surface area contributed by atoms with Crippen LogP contribution >= 0.6 is 11.8 Å². The number of ether oxygens (including phenoxy) is 1. The van der Waals surface area contributed by atoms with Crippen LogP contribution in [-0.4, -0.2) is 33.1 Å². The maximum Gasteiger partial charge on any atom is 0.230 e. The Morgan fingerprint density at radius 1 is 1.38 bits per heavy atom. The molecule has 1 aromatic heterocycles. The monoisotopic (exact) mass is 377 g/mol. The Labute approximate surface area is 158 Å². The van der Waals surface area contributed by atoms with Crippen LogP contribution in [0.1, 0.15) is 50.1 Å². The van der Waals surface area contributed by atoms with Crippen molar-refractivity contribution < 1.29 is 9.53 Å². The predicted octanol–water partition coefficient (Wildman–Crippen LogP) is 2.62. The van der Waals surface area contributed by atoms with Gasteiger partial charge in [-0.2, -0.15) is 0 Å². The zero-order valence-corrected chi connectivity index (χ0v) is 16.6. The van der Waals surface area contributed by atoms with Gasteiger partial charge in [0.1, 0.15) is 12.4 Å². The quantitative estimate of drug-likeness (QED) is 0.515. The van der Waals surface area contributed by atoms with E-state index in [-0.39, 0.29) is 18.3 Å². The molecule has 7 nitrogen and oxygen atoms in total. The highest BCUT2D eigenvalue weighted by atomic mass is 32.2. The lowest BCUT2D eigenvalue weighted by Gasteiger charge is -2.14. The van der Waals surface area contributed by atoms with Crippen molar-refractivity contribution >= 4 is 17.7 Å². The fourth-order valence-corrected chi connectivity index (χ4v) is 3.04. The smallest absolute Gasteiger partial charge is 0.230 e. The maximum atomic E-state index is 11.7. The first kappa shape index (κ1) is 20.1. The lowest BCUT2D eigenvalue weighted by molar-refractivity contribution is -0.118. The van der Waals surface area contributed by atoms with Gasteiger partial charge in [-0.3, -0.25) is 4.79 Å². The summed E-state index contributed by atoms with van der Waals surface area (Å²) in [6, 6.07) is 6.17. The Bertz CT molecular complexity index is 745. The lowest BCUT2D eigenvalue weighted by Crippen LogP contribution is -2.26. The average Bonchev–Trinajstić information content (AvgIpc) is 2.96. The van der Waals surface area contributed by atoms with Crippen LogP contribution in [0.25, 0.3) is 0 Å². The van der Waals surface area contributed by atoms with Crippen molar-refractivity contribution in [2.45, 2.75) is 51.8 Å². The Morgan fingerprint density at radius 3 is 2.85 bits per heavy atom. The predicted molar refractivity (Wildman–Crippen MR) is 104 cm³/mol. The van der Waals surface area contributed by atoms with Gasteiger partial charge in [0, 0.05) is 6.54 Å². The first-order valence-electron chi connectivity index (χ1n) is 8.74. The number of nitrogens with zero attached hydrogens (tertiary/aromatic N) is 3. The molecule has 0 bridgehead atoms. The number of aromatic nitrogens is 3. The van der Waals surface area contributed by atoms with Crippen LogP contribution in [0.5, 0.6) is 5.75 Å². The first-order chi connectivity index (χ1) is 12.4. The number of aryl methyl sites for hydroxylation is 1. The molecule has 26 heavy (non-hydrogen) atoms. The number of hydrogen-bond acceptors (Lipinski definition) is 6. The standard InChI is InChI=1S/C18H27N5O2S/c1-5-8-20-17(24)11-26-18-22-21-16(23(18)19)10-25-15-9-13(4)6-7-14(15)12(2)3/h6-7,9,12H,5,8,10-11,19H2,1-4H3,(H,20,24). The summed E-state index contributed by atoms with van der Waals surface area (Å²) >= 11 is 1.26. The van der Waals surface area contributed by atoms with E-state index in [0.29, 0.717) is 23.4 Å². The second-order valence-electron chi connectivity index (χ2n) is 6.39. The van der Waals surface area contributed by atoms with E-state index < -0.39 is 0 Å². The first-order valence-corrected chi connectivity index (χ1v) is 9.73. The van der Waals surface area contributed by atoms with Gasteiger partial charge in [0.15, 0.2) is 5.82 Å². The van der Waals surface area contributed by atoms with Crippen molar-refractivity contribution in [1.29, 1.82) is 0 Å². The molecule has 0 atom stereocenters. The summed E-state index contributed by atoms with van der Waals surface area (Å²) in [6.45, 7) is 9.18. The molecule has 0 unspecified atom stereocenters. The van der Waals surface area contributed by atoms with Gasteiger partial charge in [-0.05, 0) is 36.5 Å². The molecule has 0 saturated carbocycles. The van der Waals surface area contributed by atoms with Gasteiger partial charge < -0.3 is 15.9 Å². The number of nitrogen functional groups attached to an aromatic ring is 1. The van der Waals surface area contributed by atoms with Crippen molar-refractivity contribution in [2.24, 2.45) is 0 Å². The molecule has 0 aliphatic rings. The third-order valence-electron chi connectivity index (χ3n) is 3.79. The summed E-state index contributed by atoms with van der Waals surface area (Å²) < 4.78 is 7.32. The van der Waals surface area contributed by atoms with E-state index in [9.17, 15) is 4.79 Å². The van der Waals surface area contributed by atoms with Gasteiger partial charge >= 0.3 is 0 Å². The van der Waals surface area contributed by atoms with E-state index in [2.05, 4.69) is 41.5 Å². The number of carbonyl (C=O) groups is 1. The Morgan fingerprint density at radius 2 is 2.15 bits per heavy atom. The zero-order chi connectivity index (χ0) is 19.1. The fraction of sp³-hybridized carbons (Fsp3) is 0.500. The van der Waals surface area contributed by atoms with E-state index in [0.717, 1.165) is 23.3 Å². The SMILES string of the molecule is CCCNC(=O)CSc1nnc(COc2cc(C)ccc2C(C)C)n1N. The number of hydrogen-bond donors (Lipinski definition) is 2. The van der Waals surface area contributed by atoms with Crippen molar-refractivity contribution in [3.05, 3.63) is 35.2 Å². The Balaban J connectivity index is 1.98. The minimum absolute atomic E-state index is 0.0426. The third kappa shape index (κ3) is 5.39. The zero-order valence-electron chi connectivity index (χ0n) is 15.8. The molecule has 142 valence electrons. The molecular weight excluding hydrogens is 350 g/mol. The maximum absolute atomic E-state index is 11.7. The van der Waals surface area contributed by atoms with E-state index in [1.165, 1.54) is 16.4 Å². The van der Waals surface area contributed by atoms with E-state index in [1.807, 2.05) is 19.9 Å². The van der Waals surface area contributed by atoms with Crippen LogP contribution in [0, 0.1) is 6.92 Å². The van der Waals surface area contributed by atoms with Crippen LogP contribution in [-0.2, 0) is 11.4 Å². The molecule has 2 rings (SSSR count). The summed E-state index contributed by atoms with van der Waals surface area (Å²) in [5.41, 5.74) is 2.27. The molecule has 0 aliphatic carbocycles. The molecule has 3 N–H and O–H groups in total. The van der Waals surface area contributed by atoms with E-state index in [1.54, 1.807) is 0 Å². The van der Waals surface area contributed by atoms with Crippen LogP contribution in [0.3, 0.4) is 0 Å². The van der Waals surface area contributed by atoms with Gasteiger partial charge in [-0.1, -0.05) is 44.7 Å². The van der Waals surface area contributed by atoms with Gasteiger partial charge in [-0.15, -0.1) is 10.2 Å². The molecule has 0 radical (unpaired) electrons. The number of carbonyl (C=O) groups excluding carboxylic acids is 1. The molecule has 1 aromatic carbocycles. The highest BCUT2D eigenvalue weighted by molar-refractivity contribution is 7.99. The minimum Gasteiger partial charge on any atom is -0.485 e. The molecule has 0 fully saturated rings. The molecular formula is C18H27N5O2S. The number of benzene rings is 1. The molecule has 0 spiro atoms. The Kier molecular flexibility index (Phi) is 7.32. The summed E-state index contributed by atoms with van der Waals surface area (Å²) in [4.78, 5) is 11.7. The van der Waals surface area contributed by atoms with Gasteiger partial charge in [0.25, 0.3) is 0 Å². The Hall–Kier alpha value is -2.22. The van der Waals surface area contributed by atoms with Crippen molar-refractivity contribution in [3.8, 4) is 5.75 Å². The van der Waals surface area contributed by atoms with Crippen molar-refractivity contribution in [1.82, 2.24) is 20.2 Å². The average molecular weight is 378 g/mol. The van der Waals surface area contributed by atoms with Crippen LogP contribution in [0.2, 0.25) is 0 Å². The molecule has 2 aromatic rings. The summed E-state index contributed by atoms with van der Waals surface area (Å²) in [6.07, 6.45) is 0.905. The van der Waals surface area contributed by atoms with Gasteiger partial charge in [-0.25, -0.2) is 4.68 Å². The van der Waals surface area contributed by atoms with Crippen LogP contribution in [0.15, 0.2) is 23.4 Å². The largest absolute Gasteiger partial charge is 0.485 e. The number of nitrogens with one attached hydrogen (secondary N) is 1. The third-order valence-corrected chi connectivity index (χ3v) is 4.73. The van der Waals surface area contributed by atoms with Crippen molar-refractivity contribution in [3.63, 3.8) is 0 Å². The van der Waals surface area contributed by atoms with Crippen molar-refractivity contribution in [2.75, 3.05) is 18.1 Å². The normalized spacial score (nSPS) is 11.0. The van der Waals surface area contributed by atoms with Crippen LogP contribution < -0.4 is 15.9 Å². The molecule has 0 saturated heterocycles. The van der Waals surface area contributed by atoms with Crippen LogP contribution in [0.4, 0.5) is 0 Å². The van der Waals surface area contributed by atoms with Gasteiger partial charge in [0.2, 0.25) is 11.1 Å². The lowest BCUT2D eigenvalue weighted by atomic mass is 10.0. The second-order valence-corrected chi connectivity index (χ2v) is 7.33. The summed E-state index contributed by atoms with van der Waals surface area (Å²) in [5.74, 6) is 7.95. The summed E-state index contributed by atoms with van der Waals surface area (Å²) in [7, 11) is 0. The van der Waals surface area contributed by atoms with Gasteiger partial charge in [0.05, 0.1) is 5.75 Å². The molecule has 8 heteroatoms. The minimum atomic E-state index is -0.0426. The molecule has 0 aliphatic heterocycles. The number of thioether (sulfide) groups is 1. The van der Waals surface area contributed by atoms with E-state index in [4.69, 9.17) is 10.6 Å². The highest BCUT2D eigenvalue weighted by Gasteiger charge is 2.14. The number of amides is 1. The molecule has 1 amide bonds. The number of rotatable bonds is 9. The molecule has 1 heterocycles. The highest BCUT2D eigenvalue weighted by Crippen LogP contribution is 2.28. The summed E-state index contributed by atoms with van der Waals surface area (Å²) in [5, 5.41) is 11.4. The second kappa shape index (κ2) is 9.47. The topological polar surface area (TPSA) is 95.1 Å². The fourth-order valence-electron chi connectivity index (χ4n) is 2.34. The number of nitrogens with two attached hydrogens (primary N) is 1. The van der Waals surface area contributed by atoms with E-state index >= 15 is 0 Å².